The number of benzene rings is 1. The lowest BCUT2D eigenvalue weighted by Gasteiger charge is -2.10. The predicted molar refractivity (Wildman–Crippen MR) is 69.5 cm³/mol. The molecule has 0 amide bonds. The lowest BCUT2D eigenvalue weighted by molar-refractivity contribution is 0.369. The highest BCUT2D eigenvalue weighted by molar-refractivity contribution is 9.10. The van der Waals surface area contributed by atoms with E-state index in [4.69, 9.17) is 4.74 Å². The number of hydrogen-bond donors (Lipinski definition) is 2. The fourth-order valence-electron chi connectivity index (χ4n) is 1.46. The van der Waals surface area contributed by atoms with Crippen LogP contribution in [0.1, 0.15) is 18.4 Å². The Morgan fingerprint density at radius 3 is 2.75 bits per heavy atom. The Labute approximate surface area is 110 Å². The van der Waals surface area contributed by atoms with Gasteiger partial charge in [-0.2, -0.15) is 0 Å². The maximum Gasteiger partial charge on any atom is 0.162 e. The zero-order chi connectivity index (χ0) is 10.8. The summed E-state index contributed by atoms with van der Waals surface area (Å²) in [6.07, 6.45) is 2.48. The van der Waals surface area contributed by atoms with E-state index >= 15 is 0 Å². The Balaban J connectivity index is 0.00000128. The van der Waals surface area contributed by atoms with E-state index in [2.05, 4.69) is 21.2 Å². The van der Waals surface area contributed by atoms with Gasteiger partial charge in [-0.25, -0.2) is 0 Å². The summed E-state index contributed by atoms with van der Waals surface area (Å²) in [6.45, 7) is 0.687. The zero-order valence-corrected chi connectivity index (χ0v) is 11.4. The number of nitrogens with one attached hydrogen (secondary N) is 1. The van der Waals surface area contributed by atoms with Crippen molar-refractivity contribution in [3.63, 3.8) is 0 Å². The highest BCUT2D eigenvalue weighted by Gasteiger charge is 2.21. The van der Waals surface area contributed by atoms with Crippen molar-refractivity contribution in [1.29, 1.82) is 0 Å². The number of aromatic hydroxyl groups is 1. The molecule has 0 bridgehead atoms. The summed E-state index contributed by atoms with van der Waals surface area (Å²) < 4.78 is 6.00. The van der Waals surface area contributed by atoms with Crippen LogP contribution < -0.4 is 10.1 Å². The Morgan fingerprint density at radius 2 is 2.19 bits per heavy atom. The van der Waals surface area contributed by atoms with Gasteiger partial charge in [-0.1, -0.05) is 15.9 Å². The molecule has 90 valence electrons. The van der Waals surface area contributed by atoms with Crippen LogP contribution in [0.5, 0.6) is 11.5 Å². The van der Waals surface area contributed by atoms with Crippen LogP contribution in [0.2, 0.25) is 0 Å². The van der Waals surface area contributed by atoms with Crippen LogP contribution in [0.3, 0.4) is 0 Å². The maximum absolute atomic E-state index is 9.86. The summed E-state index contributed by atoms with van der Waals surface area (Å²) in [6, 6.07) is 4.30. The Bertz CT molecular complexity index is 369. The Morgan fingerprint density at radius 1 is 1.50 bits per heavy atom. The summed E-state index contributed by atoms with van der Waals surface area (Å²) >= 11 is 3.39. The normalized spacial score (nSPS) is 14.4. The van der Waals surface area contributed by atoms with Gasteiger partial charge < -0.3 is 15.2 Å². The molecule has 1 aromatic carbocycles. The van der Waals surface area contributed by atoms with Gasteiger partial charge in [-0.05, 0) is 25.0 Å². The number of rotatable bonds is 4. The summed E-state index contributed by atoms with van der Waals surface area (Å²) in [5.74, 6) is 0.742. The monoisotopic (exact) mass is 307 g/mol. The third-order valence-corrected chi connectivity index (χ3v) is 2.95. The minimum atomic E-state index is 0. The van der Waals surface area contributed by atoms with Crippen molar-refractivity contribution in [1.82, 2.24) is 5.32 Å². The average molecular weight is 309 g/mol. The van der Waals surface area contributed by atoms with E-state index in [0.717, 1.165) is 10.0 Å². The number of halogens is 2. The van der Waals surface area contributed by atoms with E-state index in [9.17, 15) is 5.11 Å². The first-order valence-electron chi connectivity index (χ1n) is 4.99. The third-order valence-electron chi connectivity index (χ3n) is 2.50. The second kappa shape index (κ2) is 5.75. The van der Waals surface area contributed by atoms with E-state index < -0.39 is 0 Å². The summed E-state index contributed by atoms with van der Waals surface area (Å²) in [7, 11) is 1.56. The average Bonchev–Trinajstić information content (AvgIpc) is 3.02. The molecular formula is C11H15BrClNO2. The van der Waals surface area contributed by atoms with Crippen LogP contribution in [0, 0.1) is 0 Å². The number of phenolic OH excluding ortho intramolecular Hbond substituents is 1. The quantitative estimate of drug-likeness (QED) is 0.899. The molecule has 0 saturated heterocycles. The van der Waals surface area contributed by atoms with E-state index in [0.29, 0.717) is 18.3 Å². The largest absolute Gasteiger partial charge is 0.504 e. The second-order valence-corrected chi connectivity index (χ2v) is 4.69. The molecule has 1 aliphatic rings. The number of phenols is 1. The maximum atomic E-state index is 9.86. The van der Waals surface area contributed by atoms with Crippen LogP contribution in [0.25, 0.3) is 0 Å². The van der Waals surface area contributed by atoms with Gasteiger partial charge in [0, 0.05) is 22.6 Å². The van der Waals surface area contributed by atoms with Gasteiger partial charge in [0.1, 0.15) is 0 Å². The summed E-state index contributed by atoms with van der Waals surface area (Å²) in [5, 5.41) is 13.2. The molecule has 1 aromatic rings. The molecule has 1 saturated carbocycles. The Hall–Kier alpha value is -0.450. The standard InChI is InChI=1S/C11H14BrNO2.ClH/c1-15-10-5-8(12)4-7(11(10)14)6-13-9-2-3-9;/h4-5,9,13-14H,2-3,6H2,1H3;1H. The fraction of sp³-hybridized carbons (Fsp3) is 0.455. The highest BCUT2D eigenvalue weighted by atomic mass is 79.9. The zero-order valence-electron chi connectivity index (χ0n) is 9.00. The second-order valence-electron chi connectivity index (χ2n) is 3.77. The minimum Gasteiger partial charge on any atom is -0.504 e. The Kier molecular flexibility index (Phi) is 4.89. The molecule has 0 spiro atoms. The van der Waals surface area contributed by atoms with Crippen molar-refractivity contribution >= 4 is 28.3 Å². The molecule has 2 N–H and O–H groups in total. The molecule has 1 aliphatic carbocycles. The fourth-order valence-corrected chi connectivity index (χ4v) is 1.94. The van der Waals surface area contributed by atoms with Crippen molar-refractivity contribution in [2.45, 2.75) is 25.4 Å². The molecule has 0 atom stereocenters. The van der Waals surface area contributed by atoms with E-state index in [1.54, 1.807) is 13.2 Å². The first-order chi connectivity index (χ1) is 7.20. The molecule has 0 unspecified atom stereocenters. The van der Waals surface area contributed by atoms with Crippen LogP contribution in [0.15, 0.2) is 16.6 Å². The molecule has 0 aromatic heterocycles. The highest BCUT2D eigenvalue weighted by Crippen LogP contribution is 2.34. The van der Waals surface area contributed by atoms with Crippen LogP contribution in [-0.4, -0.2) is 18.3 Å². The van der Waals surface area contributed by atoms with Crippen molar-refractivity contribution < 1.29 is 9.84 Å². The SMILES string of the molecule is COc1cc(Br)cc(CNC2CC2)c1O.Cl. The summed E-state index contributed by atoms with van der Waals surface area (Å²) in [5.41, 5.74) is 0.869. The van der Waals surface area contributed by atoms with Gasteiger partial charge in [0.15, 0.2) is 11.5 Å². The van der Waals surface area contributed by atoms with Gasteiger partial charge in [0.05, 0.1) is 7.11 Å². The molecule has 16 heavy (non-hydrogen) atoms. The van der Waals surface area contributed by atoms with Gasteiger partial charge in [-0.15, -0.1) is 12.4 Å². The van der Waals surface area contributed by atoms with Gasteiger partial charge in [0.2, 0.25) is 0 Å². The number of hydrogen-bond acceptors (Lipinski definition) is 3. The van der Waals surface area contributed by atoms with Gasteiger partial charge >= 0.3 is 0 Å². The minimum absolute atomic E-state index is 0. The topological polar surface area (TPSA) is 41.5 Å². The van der Waals surface area contributed by atoms with E-state index in [1.165, 1.54) is 12.8 Å². The van der Waals surface area contributed by atoms with Crippen LogP contribution in [0.4, 0.5) is 0 Å². The van der Waals surface area contributed by atoms with Crippen molar-refractivity contribution in [3.05, 3.63) is 22.2 Å². The molecule has 3 nitrogen and oxygen atoms in total. The molecule has 2 rings (SSSR count). The molecule has 0 radical (unpaired) electrons. The van der Waals surface area contributed by atoms with E-state index in [1.807, 2.05) is 6.07 Å². The molecule has 0 aliphatic heterocycles. The third kappa shape index (κ3) is 3.27. The summed E-state index contributed by atoms with van der Waals surface area (Å²) in [4.78, 5) is 0. The lowest BCUT2D eigenvalue weighted by atomic mass is 10.2. The van der Waals surface area contributed by atoms with Crippen LogP contribution >= 0.6 is 28.3 Å². The first kappa shape index (κ1) is 13.6. The molecular weight excluding hydrogens is 293 g/mol. The van der Waals surface area contributed by atoms with Gasteiger partial charge in [-0.3, -0.25) is 0 Å². The molecule has 0 heterocycles. The molecule has 1 fully saturated rings. The van der Waals surface area contributed by atoms with Gasteiger partial charge in [0.25, 0.3) is 0 Å². The predicted octanol–water partition coefficient (Wildman–Crippen LogP) is 2.84. The smallest absolute Gasteiger partial charge is 0.162 e. The van der Waals surface area contributed by atoms with E-state index in [-0.39, 0.29) is 18.2 Å². The number of ether oxygens (including phenoxy) is 1. The van der Waals surface area contributed by atoms with Crippen molar-refractivity contribution in [2.24, 2.45) is 0 Å². The van der Waals surface area contributed by atoms with Crippen LogP contribution in [-0.2, 0) is 6.54 Å². The number of methoxy groups -OCH3 is 1. The lowest BCUT2D eigenvalue weighted by Crippen LogP contribution is -2.15. The van der Waals surface area contributed by atoms with Crippen molar-refractivity contribution in [3.8, 4) is 11.5 Å². The molecule has 5 heteroatoms. The van der Waals surface area contributed by atoms with Crippen molar-refractivity contribution in [2.75, 3.05) is 7.11 Å². The first-order valence-corrected chi connectivity index (χ1v) is 5.78.